The number of nitrogens with one attached hydrogen (secondary N) is 1. The normalized spacial score (nSPS) is 27.1. The topological polar surface area (TPSA) is 89.8 Å². The van der Waals surface area contributed by atoms with Gasteiger partial charge in [-0.05, 0) is 31.6 Å². The maximum atomic E-state index is 5.85. The minimum absolute atomic E-state index is 0.329. The van der Waals surface area contributed by atoms with E-state index in [0.717, 1.165) is 36.8 Å². The van der Waals surface area contributed by atoms with Crippen LogP contribution in [0.3, 0.4) is 0 Å². The number of nitrogens with two attached hydrogens (primary N) is 2. The van der Waals surface area contributed by atoms with Gasteiger partial charge in [0.05, 0.1) is 5.69 Å². The van der Waals surface area contributed by atoms with Crippen LogP contribution >= 0.6 is 0 Å². The highest BCUT2D eigenvalue weighted by Crippen LogP contribution is 2.35. The first-order valence-electron chi connectivity index (χ1n) is 7.84. The maximum absolute atomic E-state index is 5.85. The zero-order chi connectivity index (χ0) is 13.9. The molecule has 0 bridgehead atoms. The zero-order valence-electron chi connectivity index (χ0n) is 12.0. The van der Waals surface area contributed by atoms with Gasteiger partial charge < -0.3 is 16.8 Å². The molecule has 0 aliphatic heterocycles. The highest BCUT2D eigenvalue weighted by atomic mass is 15.1. The Balaban J connectivity index is 1.60. The van der Waals surface area contributed by atoms with Crippen molar-refractivity contribution in [2.45, 2.75) is 56.9 Å². The number of aromatic nitrogens is 2. The first kappa shape index (κ1) is 13.6. The molecule has 0 spiro atoms. The lowest BCUT2D eigenvalue weighted by atomic mass is 9.78. The Kier molecular flexibility index (Phi) is 4.05. The van der Waals surface area contributed by atoms with E-state index in [0.29, 0.717) is 17.9 Å². The number of nitrogen functional groups attached to an aromatic ring is 1. The molecule has 0 atom stereocenters. The van der Waals surface area contributed by atoms with Crippen LogP contribution in [0.4, 0.5) is 11.8 Å². The molecule has 110 valence electrons. The number of nitrogens with zero attached hydrogens (tertiary/aromatic N) is 2. The average Bonchev–Trinajstić information content (AvgIpc) is 2.42. The Morgan fingerprint density at radius 1 is 1.15 bits per heavy atom. The summed E-state index contributed by atoms with van der Waals surface area (Å²) in [6, 6.07) is 2.38. The van der Waals surface area contributed by atoms with Crippen molar-refractivity contribution >= 4 is 11.8 Å². The Hall–Kier alpha value is -1.36. The summed E-state index contributed by atoms with van der Waals surface area (Å²) >= 11 is 0. The fourth-order valence-electron chi connectivity index (χ4n) is 3.33. The summed E-state index contributed by atoms with van der Waals surface area (Å²) in [5.41, 5.74) is 12.7. The van der Waals surface area contributed by atoms with Crippen molar-refractivity contribution in [3.63, 3.8) is 0 Å². The van der Waals surface area contributed by atoms with E-state index in [1.807, 2.05) is 0 Å². The fourth-order valence-corrected chi connectivity index (χ4v) is 3.33. The molecule has 0 radical (unpaired) electrons. The summed E-state index contributed by atoms with van der Waals surface area (Å²) in [5.74, 6) is 2.48. The molecule has 0 amide bonds. The van der Waals surface area contributed by atoms with E-state index < -0.39 is 0 Å². The molecular formula is C15H25N5. The Morgan fingerprint density at radius 3 is 2.60 bits per heavy atom. The molecule has 2 aliphatic rings. The summed E-state index contributed by atoms with van der Waals surface area (Å²) in [7, 11) is 0. The molecule has 5 nitrogen and oxygen atoms in total. The van der Waals surface area contributed by atoms with E-state index >= 15 is 0 Å². The fraction of sp³-hybridized carbons (Fsp3) is 0.733. The van der Waals surface area contributed by atoms with Crippen LogP contribution in [0.2, 0.25) is 0 Å². The molecule has 20 heavy (non-hydrogen) atoms. The molecule has 1 heterocycles. The van der Waals surface area contributed by atoms with Crippen LogP contribution in [0.5, 0.6) is 0 Å². The number of hydrogen-bond acceptors (Lipinski definition) is 5. The van der Waals surface area contributed by atoms with E-state index in [4.69, 9.17) is 11.5 Å². The van der Waals surface area contributed by atoms with Crippen molar-refractivity contribution in [1.29, 1.82) is 0 Å². The van der Waals surface area contributed by atoms with Crippen LogP contribution in [-0.2, 0) is 0 Å². The van der Waals surface area contributed by atoms with Gasteiger partial charge in [-0.25, -0.2) is 4.98 Å². The molecule has 0 aromatic carbocycles. The van der Waals surface area contributed by atoms with Crippen LogP contribution in [0.1, 0.15) is 56.6 Å². The van der Waals surface area contributed by atoms with Crippen LogP contribution in [0.25, 0.3) is 0 Å². The van der Waals surface area contributed by atoms with E-state index in [9.17, 15) is 0 Å². The largest absolute Gasteiger partial charge is 0.370 e. The zero-order valence-corrected chi connectivity index (χ0v) is 12.0. The van der Waals surface area contributed by atoms with Gasteiger partial charge in [-0.1, -0.05) is 19.3 Å². The third-order valence-corrected chi connectivity index (χ3v) is 4.65. The highest BCUT2D eigenvalue weighted by molar-refractivity contribution is 5.42. The van der Waals surface area contributed by atoms with Crippen LogP contribution < -0.4 is 16.8 Å². The van der Waals surface area contributed by atoms with Gasteiger partial charge in [-0.15, -0.1) is 0 Å². The smallest absolute Gasteiger partial charge is 0.222 e. The van der Waals surface area contributed by atoms with Crippen molar-refractivity contribution in [3.8, 4) is 0 Å². The lowest BCUT2D eigenvalue weighted by Crippen LogP contribution is -2.35. The quantitative estimate of drug-likeness (QED) is 0.784. The summed E-state index contributed by atoms with van der Waals surface area (Å²) < 4.78 is 0. The van der Waals surface area contributed by atoms with Gasteiger partial charge in [0.25, 0.3) is 0 Å². The molecular weight excluding hydrogens is 250 g/mol. The maximum Gasteiger partial charge on any atom is 0.222 e. The Bertz CT molecular complexity index is 450. The molecule has 0 saturated heterocycles. The van der Waals surface area contributed by atoms with Crippen LogP contribution in [0, 0.1) is 5.92 Å². The molecule has 2 saturated carbocycles. The molecule has 3 rings (SSSR count). The van der Waals surface area contributed by atoms with Gasteiger partial charge in [0.2, 0.25) is 5.95 Å². The number of hydrogen-bond donors (Lipinski definition) is 3. The van der Waals surface area contributed by atoms with Gasteiger partial charge in [-0.2, -0.15) is 4.98 Å². The van der Waals surface area contributed by atoms with Gasteiger partial charge in [0.1, 0.15) is 5.82 Å². The van der Waals surface area contributed by atoms with Crippen molar-refractivity contribution in [1.82, 2.24) is 9.97 Å². The predicted octanol–water partition coefficient (Wildman–Crippen LogP) is 2.26. The van der Waals surface area contributed by atoms with Gasteiger partial charge in [0.15, 0.2) is 0 Å². The van der Waals surface area contributed by atoms with Crippen molar-refractivity contribution in [2.75, 3.05) is 17.6 Å². The first-order chi connectivity index (χ1) is 9.70. The molecule has 0 unspecified atom stereocenters. The Morgan fingerprint density at radius 2 is 1.90 bits per heavy atom. The van der Waals surface area contributed by atoms with Crippen molar-refractivity contribution in [3.05, 3.63) is 11.8 Å². The molecule has 1 aromatic heterocycles. The lowest BCUT2D eigenvalue weighted by molar-refractivity contribution is 0.345. The minimum Gasteiger partial charge on any atom is -0.370 e. The molecule has 5 N–H and O–H groups in total. The summed E-state index contributed by atoms with van der Waals surface area (Å²) in [5, 5.41) is 3.45. The van der Waals surface area contributed by atoms with Gasteiger partial charge >= 0.3 is 0 Å². The molecule has 1 aromatic rings. The Labute approximate surface area is 120 Å². The minimum atomic E-state index is 0.329. The summed E-state index contributed by atoms with van der Waals surface area (Å²) in [6.45, 7) is 1.00. The standard InChI is InChI=1S/C15H25N5/c16-12-6-11(7-12)13-8-14(20-15(17)19-13)18-9-10-4-2-1-3-5-10/h8,10-12H,1-7,9,16H2,(H3,17,18,19,20). The SMILES string of the molecule is Nc1nc(NCC2CCCCC2)cc(C2CC(N)C2)n1. The first-order valence-corrected chi connectivity index (χ1v) is 7.84. The molecule has 2 fully saturated rings. The summed E-state index contributed by atoms with van der Waals surface area (Å²) in [6.07, 6.45) is 8.81. The average molecular weight is 275 g/mol. The second kappa shape index (κ2) is 5.95. The predicted molar refractivity (Wildman–Crippen MR) is 81.5 cm³/mol. The van der Waals surface area contributed by atoms with Crippen LogP contribution in [0.15, 0.2) is 6.07 Å². The second-order valence-corrected chi connectivity index (χ2v) is 6.35. The van der Waals surface area contributed by atoms with Gasteiger partial charge in [-0.3, -0.25) is 0 Å². The van der Waals surface area contributed by atoms with Crippen LogP contribution in [-0.4, -0.2) is 22.6 Å². The van der Waals surface area contributed by atoms with E-state index in [1.165, 1.54) is 32.1 Å². The highest BCUT2D eigenvalue weighted by Gasteiger charge is 2.29. The van der Waals surface area contributed by atoms with E-state index in [1.54, 1.807) is 0 Å². The molecule has 5 heteroatoms. The van der Waals surface area contributed by atoms with Crippen molar-refractivity contribution in [2.24, 2.45) is 11.7 Å². The third kappa shape index (κ3) is 3.20. The van der Waals surface area contributed by atoms with E-state index in [2.05, 4.69) is 21.4 Å². The number of rotatable bonds is 4. The lowest BCUT2D eigenvalue weighted by Gasteiger charge is -2.32. The monoisotopic (exact) mass is 275 g/mol. The summed E-state index contributed by atoms with van der Waals surface area (Å²) in [4.78, 5) is 8.66. The number of anilines is 2. The molecule has 2 aliphatic carbocycles. The van der Waals surface area contributed by atoms with Crippen molar-refractivity contribution < 1.29 is 0 Å². The second-order valence-electron chi connectivity index (χ2n) is 6.35. The third-order valence-electron chi connectivity index (χ3n) is 4.65. The van der Waals surface area contributed by atoms with E-state index in [-0.39, 0.29) is 0 Å². The van der Waals surface area contributed by atoms with Gasteiger partial charge in [0, 0.05) is 24.6 Å².